The number of allylic oxidation sites excluding steroid dienone is 1. The van der Waals surface area contributed by atoms with E-state index in [1.165, 1.54) is 41.8 Å². The molecular formula is C107H132B2ClF4N4O11P2Rh-. The first-order valence-corrected chi connectivity index (χ1v) is 47.6. The number of nitrogens with zero attached hydrogens (tertiary/aromatic N) is 2. The summed E-state index contributed by atoms with van der Waals surface area (Å²) in [5, 5.41) is 11.2. The fourth-order valence-electron chi connectivity index (χ4n) is 15.4. The molecule has 15 nitrogen and oxygen atoms in total. The molecule has 0 saturated carbocycles. The van der Waals surface area contributed by atoms with Crippen LogP contribution < -0.4 is 52.2 Å². The zero-order chi connectivity index (χ0) is 96.8. The second kappa shape index (κ2) is 51.9. The number of carbonyl (C=O) groups is 4. The molecular weight excluding hydrogens is 1820 g/mol. The average Bonchev–Trinajstić information content (AvgIpc) is 1.56. The van der Waals surface area contributed by atoms with E-state index < -0.39 is 59.2 Å². The van der Waals surface area contributed by atoms with Crippen molar-refractivity contribution in [3.63, 3.8) is 0 Å². The SMILES string of the molecule is C=CCc1ccc(C(=O)NN(C(=O)c2cc(C)cc(C)c2)[C@H](CCC)C(C)(C)C)c(C)c1OC(F)F.CC1(C)OBOC1(C)C.CCC[C@@H](N(NC(=O)c1ccc(CCCB2OC(C)(C)C(C)(C)O2)c(OC(F)F)c1C)C(=O)c1cc(C)cc(C)c1)C(C)(C)C.O=[C-]Cl.[Rh].c1ccc(P(c2ccccc2)c2ccccc2)cc1.c1ccc(P(c2ccccc2)c2ccccc2)cc1. The molecule has 0 aromatic heterocycles. The Labute approximate surface area is 803 Å². The van der Waals surface area contributed by atoms with Crippen LogP contribution in [0.4, 0.5) is 17.6 Å². The summed E-state index contributed by atoms with van der Waals surface area (Å²) in [6.45, 7) is 40.7. The normalized spacial score (nSPS) is 14.2. The van der Waals surface area contributed by atoms with Gasteiger partial charge < -0.3 is 44.5 Å². The number of alkyl halides is 4. The number of halogens is 5. The van der Waals surface area contributed by atoms with Gasteiger partial charge in [0, 0.05) is 52.9 Å². The molecule has 1 radical (unpaired) electrons. The van der Waals surface area contributed by atoms with Gasteiger partial charge >= 0.3 is 28.0 Å². The minimum Gasteiger partial charge on any atom is -0.525 e. The molecule has 0 bridgehead atoms. The molecule has 2 saturated heterocycles. The topological polar surface area (TPSA) is 171 Å². The summed E-state index contributed by atoms with van der Waals surface area (Å²) >= 11 is 4.19. The molecule has 132 heavy (non-hydrogen) atoms. The molecule has 25 heteroatoms. The van der Waals surface area contributed by atoms with Crippen LogP contribution in [0.3, 0.4) is 0 Å². The number of amides is 4. The summed E-state index contributed by atoms with van der Waals surface area (Å²) < 4.78 is 86.1. The maximum atomic E-state index is 14.0. The van der Waals surface area contributed by atoms with Crippen LogP contribution in [-0.2, 0) is 55.7 Å². The number of aryl methyl sites for hydroxylation is 5. The fourth-order valence-corrected chi connectivity index (χ4v) is 20.0. The van der Waals surface area contributed by atoms with Crippen molar-refractivity contribution in [2.45, 2.75) is 251 Å². The Bertz CT molecular complexity index is 4940. The number of nitrogens with one attached hydrogen (secondary N) is 2. The first-order chi connectivity index (χ1) is 61.8. The van der Waals surface area contributed by atoms with Crippen molar-refractivity contribution in [3.05, 3.63) is 322 Å². The van der Waals surface area contributed by atoms with Gasteiger partial charge in [0.25, 0.3) is 23.6 Å². The Hall–Kier alpha value is -9.45. The van der Waals surface area contributed by atoms with Crippen molar-refractivity contribution in [1.82, 2.24) is 20.9 Å². The monoisotopic (exact) mass is 1950 g/mol. The molecule has 0 spiro atoms. The van der Waals surface area contributed by atoms with E-state index in [1.807, 2.05) is 151 Å². The van der Waals surface area contributed by atoms with Crippen LogP contribution in [0.15, 0.2) is 255 Å². The molecule has 2 aliphatic rings. The number of hydrazine groups is 2. The smallest absolute Gasteiger partial charge is 0.457 e. The van der Waals surface area contributed by atoms with E-state index in [9.17, 15) is 36.7 Å². The van der Waals surface area contributed by atoms with Gasteiger partial charge in [-0.05, 0) is 235 Å². The molecule has 0 unspecified atom stereocenters. The van der Waals surface area contributed by atoms with Crippen molar-refractivity contribution >= 4 is 103 Å². The zero-order valence-electron chi connectivity index (χ0n) is 80.6. The van der Waals surface area contributed by atoms with Crippen LogP contribution in [0.25, 0.3) is 0 Å². The summed E-state index contributed by atoms with van der Waals surface area (Å²) in [5.41, 5.74) is 10.4. The van der Waals surface area contributed by atoms with Gasteiger partial charge in [-0.15, -0.1) is 6.58 Å². The molecule has 2 atom stereocenters. The number of benzene rings is 10. The van der Waals surface area contributed by atoms with Gasteiger partial charge in [0.05, 0.1) is 34.5 Å². The van der Waals surface area contributed by atoms with Crippen molar-refractivity contribution in [2.75, 3.05) is 0 Å². The number of ether oxygens (including phenoxy) is 2. The molecule has 2 fully saturated rings. The predicted molar refractivity (Wildman–Crippen MR) is 533 cm³/mol. The maximum absolute atomic E-state index is 14.0. The Kier molecular flexibility index (Phi) is 43.7. The first kappa shape index (κ1) is 111. The van der Waals surface area contributed by atoms with Gasteiger partial charge in [-0.2, -0.15) is 23.3 Å². The van der Waals surface area contributed by atoms with Crippen LogP contribution in [0.5, 0.6) is 11.5 Å². The second-order valence-corrected chi connectivity index (χ2v) is 41.4. The van der Waals surface area contributed by atoms with E-state index in [2.05, 4.69) is 211 Å². The van der Waals surface area contributed by atoms with Crippen LogP contribution in [0, 0.1) is 52.4 Å². The molecule has 2 N–H and O–H groups in total. The van der Waals surface area contributed by atoms with E-state index in [1.54, 1.807) is 68.5 Å². The zero-order valence-corrected chi connectivity index (χ0v) is 84.8. The molecule has 707 valence electrons. The van der Waals surface area contributed by atoms with Gasteiger partial charge in [-0.25, -0.2) is 10.0 Å². The van der Waals surface area contributed by atoms with Crippen molar-refractivity contribution in [1.29, 1.82) is 0 Å². The minimum atomic E-state index is -3.07. The van der Waals surface area contributed by atoms with E-state index in [-0.39, 0.29) is 99.2 Å². The third-order valence-corrected chi connectivity index (χ3v) is 28.3. The van der Waals surface area contributed by atoms with Crippen LogP contribution in [-0.4, -0.2) is 102 Å². The number of rotatable bonds is 26. The summed E-state index contributed by atoms with van der Waals surface area (Å²) in [6.07, 6.45) is 6.40. The largest absolute Gasteiger partial charge is 0.525 e. The molecule has 2 heterocycles. The quantitative estimate of drug-likeness (QED) is 0.0101. The van der Waals surface area contributed by atoms with E-state index in [4.69, 9.17) is 32.9 Å². The van der Waals surface area contributed by atoms with Crippen LogP contribution >= 0.6 is 27.4 Å². The fraction of sp³-hybridized carbons (Fsp3) is 0.374. The van der Waals surface area contributed by atoms with Crippen molar-refractivity contribution in [2.24, 2.45) is 10.8 Å². The number of carbonyl (C=O) groups excluding carboxylic acids is 5. The summed E-state index contributed by atoms with van der Waals surface area (Å²) in [6, 6.07) is 81.6. The van der Waals surface area contributed by atoms with E-state index in [0.29, 0.717) is 68.4 Å². The predicted octanol–water partition coefficient (Wildman–Crippen LogP) is 23.2. The Morgan fingerprint density at radius 1 is 0.477 bits per heavy atom. The third kappa shape index (κ3) is 32.1. The molecule has 0 aliphatic carbocycles. The summed E-state index contributed by atoms with van der Waals surface area (Å²) in [5.74, 6) is -0.901. The molecule has 2 aliphatic heterocycles. The Morgan fingerprint density at radius 2 is 0.758 bits per heavy atom. The van der Waals surface area contributed by atoms with Crippen molar-refractivity contribution in [3.8, 4) is 11.5 Å². The maximum Gasteiger partial charge on any atom is 0.457 e. The molecule has 12 rings (SSSR count). The van der Waals surface area contributed by atoms with E-state index in [0.717, 1.165) is 40.8 Å². The number of hydrogen-bond donors (Lipinski definition) is 2. The van der Waals surface area contributed by atoms with Crippen molar-refractivity contribution < 1.29 is 89.1 Å². The van der Waals surface area contributed by atoms with Gasteiger partial charge in [-0.1, -0.05) is 309 Å². The van der Waals surface area contributed by atoms with Gasteiger partial charge in [0.2, 0.25) is 0 Å². The molecule has 10 aromatic carbocycles. The Balaban J connectivity index is 0.000000271. The molecule has 10 aromatic rings. The summed E-state index contributed by atoms with van der Waals surface area (Å²) in [4.78, 5) is 63.6. The average molecular weight is 1950 g/mol. The second-order valence-electron chi connectivity index (χ2n) is 36.8. The van der Waals surface area contributed by atoms with Gasteiger partial charge in [0.1, 0.15) is 11.5 Å². The standard InChI is InChI=1S/C35H51BF2N2O5.C29H38F2N2O3.2C18H15P.C6H13BO2.CClO.Rh/c1-12-14-28(33(5,6)7)40(31(42)26-20-22(2)19-23(3)21-26)39-30(41)27-17-16-25(29(24(27)4)43-32(37)38)15-13-18-36-44-34(8,9)35(10,11)45-36;1-9-11-21-13-14-23(20(5)25(21)36-28(30)31)26(34)32-33(24(12-10-2)29(6,7)8)27(35)22-16-18(3)15-19(4)17-22;2*1-4-10-16(11-5-1)19(17-12-6-2-7-13-17)18-14-8-3-9-15-18;1-5(2)6(3,4)9-7-8-5;2-1-3;/h16-17,19-21,28,32H,12-15,18H2,1-11H3,(H,39,41);9,13-17,24,28H,1,10-12H2,2-8H3,(H,32,34);2*1-15H;7H,1-4H3;;/q;;;;;-1;/t28-;24-;;;;;/m11...../s1. The third-order valence-electron chi connectivity index (χ3n) is 23.4. The Morgan fingerprint density at radius 3 is 1.01 bits per heavy atom. The van der Waals surface area contributed by atoms with Crippen LogP contribution in [0.1, 0.15) is 229 Å². The minimum absolute atomic E-state index is 0. The first-order valence-electron chi connectivity index (χ1n) is 44.6. The van der Waals surface area contributed by atoms with Gasteiger partial charge in [-0.3, -0.25) is 30.0 Å². The van der Waals surface area contributed by atoms with Gasteiger partial charge in [0.15, 0.2) is 0 Å². The summed E-state index contributed by atoms with van der Waals surface area (Å²) in [7, 11) is -0.864. The molecule has 4 amide bonds. The number of hydrogen-bond acceptors (Lipinski definition) is 11. The van der Waals surface area contributed by atoms with E-state index >= 15 is 0 Å². The van der Waals surface area contributed by atoms with Crippen LogP contribution in [0.2, 0.25) is 6.32 Å².